The molecule has 0 saturated carbocycles. The van der Waals surface area contributed by atoms with Gasteiger partial charge in [-0.1, -0.05) is 54.1 Å². The molecule has 0 radical (unpaired) electrons. The van der Waals surface area contributed by atoms with Crippen molar-refractivity contribution in [3.8, 4) is 0 Å². The molecule has 0 unspecified atom stereocenters. The summed E-state index contributed by atoms with van der Waals surface area (Å²) in [6, 6.07) is 22.5. The second-order valence-electron chi connectivity index (χ2n) is 6.81. The van der Waals surface area contributed by atoms with Crippen LogP contribution in [0.3, 0.4) is 0 Å². The molecule has 0 bridgehead atoms. The van der Waals surface area contributed by atoms with E-state index in [4.69, 9.17) is 4.74 Å². The van der Waals surface area contributed by atoms with Gasteiger partial charge in [0.05, 0.1) is 5.56 Å². The number of hydrogen-bond donors (Lipinski definition) is 2. The highest BCUT2D eigenvalue weighted by molar-refractivity contribution is 5.99. The zero-order valence-electron chi connectivity index (χ0n) is 16.7. The Bertz CT molecular complexity index is 1050. The highest BCUT2D eigenvalue weighted by atomic mass is 16.5. The third kappa shape index (κ3) is 5.54. The lowest BCUT2D eigenvalue weighted by Crippen LogP contribution is -2.26. The fourth-order valence-electron chi connectivity index (χ4n) is 2.85. The number of anilines is 2. The molecule has 30 heavy (non-hydrogen) atoms. The lowest BCUT2D eigenvalue weighted by atomic mass is 10.1. The molecule has 0 aliphatic rings. The van der Waals surface area contributed by atoms with Crippen molar-refractivity contribution in [2.24, 2.45) is 0 Å². The Morgan fingerprint density at radius 2 is 1.50 bits per heavy atom. The van der Waals surface area contributed by atoms with E-state index in [0.717, 1.165) is 5.56 Å². The molecule has 1 atom stereocenters. The van der Waals surface area contributed by atoms with Gasteiger partial charge in [0.15, 0.2) is 0 Å². The molecule has 0 saturated heterocycles. The Morgan fingerprint density at radius 1 is 0.800 bits per heavy atom. The summed E-state index contributed by atoms with van der Waals surface area (Å²) in [6.45, 7) is 3.33. The van der Waals surface area contributed by atoms with Gasteiger partial charge >= 0.3 is 5.97 Å². The van der Waals surface area contributed by atoms with Gasteiger partial charge in [-0.3, -0.25) is 9.59 Å². The van der Waals surface area contributed by atoms with Crippen LogP contribution >= 0.6 is 0 Å². The van der Waals surface area contributed by atoms with Crippen LogP contribution in [0.2, 0.25) is 0 Å². The number of benzene rings is 3. The molecule has 0 aromatic heterocycles. The summed E-state index contributed by atoms with van der Waals surface area (Å²) in [5.74, 6) is -1.38. The predicted octanol–water partition coefficient (Wildman–Crippen LogP) is 4.49. The third-order valence-electron chi connectivity index (χ3n) is 4.30. The smallest absolute Gasteiger partial charge is 0.339 e. The molecular weight excluding hydrogens is 380 g/mol. The molecule has 152 valence electrons. The number of amides is 2. The van der Waals surface area contributed by atoms with E-state index in [-0.39, 0.29) is 11.5 Å². The van der Waals surface area contributed by atoms with Crippen molar-refractivity contribution in [1.29, 1.82) is 0 Å². The minimum Gasteiger partial charge on any atom is -0.444 e. The molecule has 0 aliphatic carbocycles. The predicted molar refractivity (Wildman–Crippen MR) is 115 cm³/mol. The summed E-state index contributed by atoms with van der Waals surface area (Å²) in [7, 11) is 0. The largest absolute Gasteiger partial charge is 0.444 e. The number of aryl methyl sites for hydroxylation is 1. The van der Waals surface area contributed by atoms with Crippen molar-refractivity contribution in [1.82, 2.24) is 0 Å². The molecule has 2 amide bonds. The van der Waals surface area contributed by atoms with Crippen LogP contribution in [-0.2, 0) is 14.3 Å². The summed E-state index contributed by atoms with van der Waals surface area (Å²) in [4.78, 5) is 36.9. The Labute approximate surface area is 174 Å². The minimum atomic E-state index is -1.13. The van der Waals surface area contributed by atoms with Crippen molar-refractivity contribution < 1.29 is 19.1 Å². The van der Waals surface area contributed by atoms with E-state index in [1.807, 2.05) is 25.1 Å². The number of carbonyl (C=O) groups is 3. The SMILES string of the molecule is CC(=O)Nc1cccc(C(=O)O[C@@H](C(=O)Nc2ccc(C)cc2)c2ccccc2)c1. The van der Waals surface area contributed by atoms with Gasteiger partial charge in [0, 0.05) is 23.9 Å². The Kier molecular flexibility index (Phi) is 6.60. The van der Waals surface area contributed by atoms with Crippen LogP contribution in [0.5, 0.6) is 0 Å². The zero-order valence-corrected chi connectivity index (χ0v) is 16.7. The second-order valence-corrected chi connectivity index (χ2v) is 6.81. The summed E-state index contributed by atoms with van der Waals surface area (Å²) in [5.41, 5.74) is 2.92. The van der Waals surface area contributed by atoms with Crippen LogP contribution < -0.4 is 10.6 Å². The number of hydrogen-bond acceptors (Lipinski definition) is 4. The van der Waals surface area contributed by atoms with Crippen molar-refractivity contribution in [3.05, 3.63) is 95.6 Å². The van der Waals surface area contributed by atoms with Crippen LogP contribution in [0.25, 0.3) is 0 Å². The fraction of sp³-hybridized carbons (Fsp3) is 0.125. The van der Waals surface area contributed by atoms with Crippen LogP contribution in [-0.4, -0.2) is 17.8 Å². The number of carbonyl (C=O) groups excluding carboxylic acids is 3. The van der Waals surface area contributed by atoms with Gasteiger partial charge in [-0.2, -0.15) is 0 Å². The molecular formula is C24H22N2O4. The van der Waals surface area contributed by atoms with Crippen molar-refractivity contribution in [3.63, 3.8) is 0 Å². The number of ether oxygens (including phenoxy) is 1. The third-order valence-corrected chi connectivity index (χ3v) is 4.30. The van der Waals surface area contributed by atoms with E-state index < -0.39 is 18.0 Å². The molecule has 0 fully saturated rings. The highest BCUT2D eigenvalue weighted by Gasteiger charge is 2.26. The summed E-state index contributed by atoms with van der Waals surface area (Å²) in [5, 5.41) is 5.41. The van der Waals surface area contributed by atoms with E-state index in [2.05, 4.69) is 10.6 Å². The molecule has 2 N–H and O–H groups in total. The maximum atomic E-state index is 12.9. The molecule has 3 rings (SSSR count). The van der Waals surface area contributed by atoms with E-state index in [1.165, 1.54) is 13.0 Å². The fourth-order valence-corrected chi connectivity index (χ4v) is 2.85. The molecule has 0 spiro atoms. The van der Waals surface area contributed by atoms with E-state index in [9.17, 15) is 14.4 Å². The van der Waals surface area contributed by atoms with E-state index in [1.54, 1.807) is 54.6 Å². The molecule has 6 nitrogen and oxygen atoms in total. The zero-order chi connectivity index (χ0) is 21.5. The van der Waals surface area contributed by atoms with Crippen LogP contribution in [0.4, 0.5) is 11.4 Å². The Morgan fingerprint density at radius 3 is 2.17 bits per heavy atom. The first kappa shape index (κ1) is 20.8. The summed E-state index contributed by atoms with van der Waals surface area (Å²) >= 11 is 0. The lowest BCUT2D eigenvalue weighted by molar-refractivity contribution is -0.125. The van der Waals surface area contributed by atoms with Gasteiger partial charge in [-0.05, 0) is 37.3 Å². The Balaban J connectivity index is 1.82. The maximum Gasteiger partial charge on any atom is 0.339 e. The molecule has 6 heteroatoms. The quantitative estimate of drug-likeness (QED) is 0.595. The standard InChI is InChI=1S/C24H22N2O4/c1-16-11-13-20(14-12-16)26-23(28)22(18-7-4-3-5-8-18)30-24(29)19-9-6-10-21(15-19)25-17(2)27/h3-15,22H,1-2H3,(H,25,27)(H,26,28)/t22-/m1/s1. The monoisotopic (exact) mass is 402 g/mol. The average Bonchev–Trinajstić information content (AvgIpc) is 2.73. The van der Waals surface area contributed by atoms with Crippen LogP contribution in [0.15, 0.2) is 78.9 Å². The lowest BCUT2D eigenvalue weighted by Gasteiger charge is -2.18. The maximum absolute atomic E-state index is 12.9. The van der Waals surface area contributed by atoms with Crippen LogP contribution in [0.1, 0.15) is 34.5 Å². The Hall–Kier alpha value is -3.93. The van der Waals surface area contributed by atoms with Gasteiger partial charge in [0.2, 0.25) is 12.0 Å². The topological polar surface area (TPSA) is 84.5 Å². The normalized spacial score (nSPS) is 11.3. The number of nitrogens with one attached hydrogen (secondary N) is 2. The molecule has 3 aromatic carbocycles. The van der Waals surface area contributed by atoms with Crippen molar-refractivity contribution in [2.45, 2.75) is 20.0 Å². The van der Waals surface area contributed by atoms with Gasteiger partial charge in [0.1, 0.15) is 0 Å². The van der Waals surface area contributed by atoms with Gasteiger partial charge in [0.25, 0.3) is 5.91 Å². The number of esters is 1. The van der Waals surface area contributed by atoms with Gasteiger partial charge in [-0.25, -0.2) is 4.79 Å². The van der Waals surface area contributed by atoms with Gasteiger partial charge in [-0.15, -0.1) is 0 Å². The minimum absolute atomic E-state index is 0.227. The average molecular weight is 402 g/mol. The first-order chi connectivity index (χ1) is 14.4. The van der Waals surface area contributed by atoms with E-state index in [0.29, 0.717) is 16.9 Å². The van der Waals surface area contributed by atoms with Crippen molar-refractivity contribution in [2.75, 3.05) is 10.6 Å². The van der Waals surface area contributed by atoms with E-state index >= 15 is 0 Å². The first-order valence-corrected chi connectivity index (χ1v) is 9.43. The summed E-state index contributed by atoms with van der Waals surface area (Å²) in [6.07, 6.45) is -1.13. The molecule has 3 aromatic rings. The van der Waals surface area contributed by atoms with Gasteiger partial charge < -0.3 is 15.4 Å². The highest BCUT2D eigenvalue weighted by Crippen LogP contribution is 2.23. The molecule has 0 heterocycles. The molecule has 0 aliphatic heterocycles. The summed E-state index contributed by atoms with van der Waals surface area (Å²) < 4.78 is 5.58. The second kappa shape index (κ2) is 9.52. The van der Waals surface area contributed by atoms with Crippen LogP contribution in [0, 0.1) is 6.92 Å². The van der Waals surface area contributed by atoms with Crippen molar-refractivity contribution >= 4 is 29.2 Å². The first-order valence-electron chi connectivity index (χ1n) is 9.43. The number of rotatable bonds is 6.